The van der Waals surface area contributed by atoms with Crippen molar-refractivity contribution in [2.45, 2.75) is 17.9 Å². The fraction of sp³-hybridized carbons (Fsp3) is 0.304. The number of methoxy groups -OCH3 is 1. The van der Waals surface area contributed by atoms with Gasteiger partial charge in [0.25, 0.3) is 0 Å². The molecule has 0 fully saturated rings. The summed E-state index contributed by atoms with van der Waals surface area (Å²) in [7, 11) is -1.15. The Bertz CT molecular complexity index is 1290. The van der Waals surface area contributed by atoms with Crippen molar-refractivity contribution in [1.82, 2.24) is 9.46 Å². The Morgan fingerprint density at radius 1 is 1.18 bits per heavy atom. The molecule has 0 spiro atoms. The van der Waals surface area contributed by atoms with Crippen molar-refractivity contribution < 1.29 is 36.7 Å². The maximum atomic E-state index is 13.4. The fourth-order valence-corrected chi connectivity index (χ4v) is 4.83. The summed E-state index contributed by atoms with van der Waals surface area (Å²) in [5.41, 5.74) is 0.394. The molecule has 0 radical (unpaired) electrons. The second-order valence-corrected chi connectivity index (χ2v) is 9.46. The second-order valence-electron chi connectivity index (χ2n) is 7.45. The van der Waals surface area contributed by atoms with Crippen LogP contribution in [0.3, 0.4) is 0 Å². The second kappa shape index (κ2) is 9.74. The highest BCUT2D eigenvalue weighted by atomic mass is 32.2. The van der Waals surface area contributed by atoms with Crippen LogP contribution in [0.2, 0.25) is 0 Å². The molecule has 1 aliphatic heterocycles. The predicted octanol–water partition coefficient (Wildman–Crippen LogP) is 2.99. The van der Waals surface area contributed by atoms with Crippen LogP contribution in [0.1, 0.15) is 17.4 Å². The Morgan fingerprint density at radius 3 is 2.68 bits per heavy atom. The number of carbonyl (C=O) groups excluding carboxylic acids is 1. The fourth-order valence-electron chi connectivity index (χ4n) is 3.45. The van der Waals surface area contributed by atoms with Crippen LogP contribution < -0.4 is 14.2 Å². The summed E-state index contributed by atoms with van der Waals surface area (Å²) >= 11 is 0. The van der Waals surface area contributed by atoms with E-state index in [1.54, 1.807) is 25.1 Å². The van der Waals surface area contributed by atoms with Gasteiger partial charge in [0.2, 0.25) is 10.0 Å². The Labute approximate surface area is 197 Å². The molecule has 0 aliphatic carbocycles. The largest absolute Gasteiger partial charge is 0.495 e. The van der Waals surface area contributed by atoms with Crippen LogP contribution in [0.25, 0.3) is 11.3 Å². The number of likely N-dealkylation sites (N-methyl/N-ethyl adjacent to an activating group) is 1. The Morgan fingerprint density at radius 2 is 1.94 bits per heavy atom. The summed E-state index contributed by atoms with van der Waals surface area (Å²) in [5, 5.41) is 3.71. The first-order chi connectivity index (χ1) is 16.3. The van der Waals surface area contributed by atoms with Crippen molar-refractivity contribution in [2.75, 3.05) is 33.9 Å². The third kappa shape index (κ3) is 4.70. The molecule has 4 rings (SSSR count). The number of fused-ring (bicyclic) bond motifs is 1. The van der Waals surface area contributed by atoms with E-state index in [4.69, 9.17) is 23.5 Å². The molecule has 180 valence electrons. The molecular weight excluding hydrogens is 464 g/mol. The van der Waals surface area contributed by atoms with Gasteiger partial charge in [0.15, 0.2) is 23.0 Å². The molecule has 0 bridgehead atoms. The maximum Gasteiger partial charge on any atom is 0.360 e. The standard InChI is InChI=1S/C23H24N2O8S/c1-4-30-23(26)17-12-21(33-24-17)15-9-10-20(29-3)22(11-15)34(27,28)25(2)13-16-14-31-18-7-5-6-8-19(18)32-16/h5-12,16H,4,13-14H2,1-3H3. The highest BCUT2D eigenvalue weighted by molar-refractivity contribution is 7.89. The first-order valence-corrected chi connectivity index (χ1v) is 11.9. The van der Waals surface area contributed by atoms with Gasteiger partial charge in [-0.1, -0.05) is 17.3 Å². The van der Waals surface area contributed by atoms with Gasteiger partial charge in [-0.05, 0) is 37.3 Å². The van der Waals surface area contributed by atoms with Crippen molar-refractivity contribution in [1.29, 1.82) is 0 Å². The highest BCUT2D eigenvalue weighted by Crippen LogP contribution is 2.34. The molecule has 0 amide bonds. The third-order valence-corrected chi connectivity index (χ3v) is 7.00. The SMILES string of the molecule is CCOC(=O)c1cc(-c2ccc(OC)c(S(=O)(=O)N(C)CC3COc4ccccc4O3)c2)on1. The minimum absolute atomic E-state index is 0.0103. The van der Waals surface area contributed by atoms with E-state index in [0.717, 1.165) is 0 Å². The molecular formula is C23H24N2O8S. The van der Waals surface area contributed by atoms with Crippen molar-refractivity contribution in [2.24, 2.45) is 0 Å². The van der Waals surface area contributed by atoms with Crippen molar-refractivity contribution >= 4 is 16.0 Å². The zero-order chi connectivity index (χ0) is 24.3. The van der Waals surface area contributed by atoms with Crippen LogP contribution in [0, 0.1) is 0 Å². The van der Waals surface area contributed by atoms with Gasteiger partial charge in [0, 0.05) is 18.7 Å². The average Bonchev–Trinajstić information content (AvgIpc) is 3.34. The van der Waals surface area contributed by atoms with Crippen LogP contribution in [-0.2, 0) is 14.8 Å². The summed E-state index contributed by atoms with van der Waals surface area (Å²) in [6.45, 7) is 2.14. The van der Waals surface area contributed by atoms with Gasteiger partial charge >= 0.3 is 5.97 Å². The van der Waals surface area contributed by atoms with E-state index in [1.807, 2.05) is 12.1 Å². The van der Waals surface area contributed by atoms with E-state index in [9.17, 15) is 13.2 Å². The molecule has 1 unspecified atom stereocenters. The number of para-hydroxylation sites is 2. The lowest BCUT2D eigenvalue weighted by molar-refractivity contribution is 0.0514. The summed E-state index contributed by atoms with van der Waals surface area (Å²) in [5.74, 6) is 0.923. The number of nitrogens with zero attached hydrogens (tertiary/aromatic N) is 2. The number of sulfonamides is 1. The topological polar surface area (TPSA) is 117 Å². The molecule has 0 N–H and O–H groups in total. The molecule has 1 aromatic heterocycles. The minimum Gasteiger partial charge on any atom is -0.495 e. The van der Waals surface area contributed by atoms with Crippen LogP contribution in [0.4, 0.5) is 0 Å². The molecule has 0 saturated carbocycles. The molecule has 34 heavy (non-hydrogen) atoms. The number of aromatic nitrogens is 1. The lowest BCUT2D eigenvalue weighted by Gasteiger charge is -2.29. The Balaban J connectivity index is 1.58. The zero-order valence-corrected chi connectivity index (χ0v) is 19.7. The monoisotopic (exact) mass is 488 g/mol. The van der Waals surface area contributed by atoms with E-state index in [-0.39, 0.29) is 41.9 Å². The maximum absolute atomic E-state index is 13.4. The molecule has 2 aromatic carbocycles. The van der Waals surface area contributed by atoms with Gasteiger partial charge < -0.3 is 23.5 Å². The molecule has 2 heterocycles. The van der Waals surface area contributed by atoms with E-state index in [1.165, 1.54) is 36.7 Å². The van der Waals surface area contributed by atoms with E-state index in [0.29, 0.717) is 17.1 Å². The lowest BCUT2D eigenvalue weighted by Crippen LogP contribution is -2.41. The summed E-state index contributed by atoms with van der Waals surface area (Å²) in [6, 6.07) is 13.1. The smallest absolute Gasteiger partial charge is 0.360 e. The molecule has 10 nitrogen and oxygen atoms in total. The van der Waals surface area contributed by atoms with E-state index in [2.05, 4.69) is 5.16 Å². The van der Waals surface area contributed by atoms with Crippen molar-refractivity contribution in [3.05, 3.63) is 54.2 Å². The lowest BCUT2D eigenvalue weighted by atomic mass is 10.1. The van der Waals surface area contributed by atoms with Gasteiger partial charge in [-0.3, -0.25) is 0 Å². The van der Waals surface area contributed by atoms with E-state index >= 15 is 0 Å². The molecule has 1 aliphatic rings. The number of esters is 1. The van der Waals surface area contributed by atoms with Crippen LogP contribution in [0.5, 0.6) is 17.2 Å². The number of hydrogen-bond donors (Lipinski definition) is 0. The van der Waals surface area contributed by atoms with Crippen LogP contribution in [-0.4, -0.2) is 63.9 Å². The number of rotatable bonds is 8. The van der Waals surface area contributed by atoms with Crippen LogP contribution in [0.15, 0.2) is 57.9 Å². The van der Waals surface area contributed by atoms with E-state index < -0.39 is 22.1 Å². The first-order valence-electron chi connectivity index (χ1n) is 10.5. The number of carbonyl (C=O) groups is 1. The third-order valence-electron chi connectivity index (χ3n) is 5.16. The van der Waals surface area contributed by atoms with Gasteiger partial charge in [-0.15, -0.1) is 0 Å². The van der Waals surface area contributed by atoms with Gasteiger partial charge in [-0.25, -0.2) is 13.2 Å². The van der Waals surface area contributed by atoms with Crippen LogP contribution >= 0.6 is 0 Å². The van der Waals surface area contributed by atoms with Crippen molar-refractivity contribution in [3.8, 4) is 28.6 Å². The number of hydrogen-bond acceptors (Lipinski definition) is 9. The number of ether oxygens (including phenoxy) is 4. The summed E-state index contributed by atoms with van der Waals surface area (Å²) < 4.78 is 55.1. The zero-order valence-electron chi connectivity index (χ0n) is 18.9. The normalized spacial score (nSPS) is 15.2. The summed E-state index contributed by atoms with van der Waals surface area (Å²) in [6.07, 6.45) is -0.495. The van der Waals surface area contributed by atoms with Gasteiger partial charge in [0.05, 0.1) is 20.3 Å². The Kier molecular flexibility index (Phi) is 6.75. The summed E-state index contributed by atoms with van der Waals surface area (Å²) in [4.78, 5) is 11.8. The minimum atomic E-state index is -3.99. The van der Waals surface area contributed by atoms with Gasteiger partial charge in [0.1, 0.15) is 23.4 Å². The molecule has 11 heteroatoms. The highest BCUT2D eigenvalue weighted by Gasteiger charge is 2.30. The molecule has 1 atom stereocenters. The van der Waals surface area contributed by atoms with Gasteiger partial charge in [-0.2, -0.15) is 4.31 Å². The Hall–Kier alpha value is -3.57. The average molecular weight is 489 g/mol. The number of benzene rings is 2. The molecule has 0 saturated heterocycles. The predicted molar refractivity (Wildman–Crippen MR) is 121 cm³/mol. The van der Waals surface area contributed by atoms with Crippen molar-refractivity contribution in [3.63, 3.8) is 0 Å². The quantitative estimate of drug-likeness (QED) is 0.441. The first kappa shape index (κ1) is 23.6. The molecule has 3 aromatic rings.